The zero-order valence-electron chi connectivity index (χ0n) is 18.3. The average Bonchev–Trinajstić information content (AvgIpc) is 2.78. The highest BCUT2D eigenvalue weighted by Gasteiger charge is 2.55. The maximum absolute atomic E-state index is 13.0. The third-order valence-electron chi connectivity index (χ3n) is 7.53. The molecule has 6 heterocycles. The summed E-state index contributed by atoms with van der Waals surface area (Å²) >= 11 is 0. The molecule has 10 nitrogen and oxygen atoms in total. The molecule has 6 rings (SSSR count). The molecule has 0 aromatic rings. The van der Waals surface area contributed by atoms with Crippen LogP contribution in [0.1, 0.15) is 25.7 Å². The van der Waals surface area contributed by atoms with Gasteiger partial charge in [-0.3, -0.25) is 27.8 Å². The van der Waals surface area contributed by atoms with Crippen LogP contribution in [-0.2, 0) is 37.7 Å². The molecule has 0 spiro atoms. The predicted molar refractivity (Wildman–Crippen MR) is 111 cm³/mol. The minimum atomic E-state index is -3.94. The van der Waals surface area contributed by atoms with Gasteiger partial charge < -0.3 is 9.47 Å². The first-order valence-corrected chi connectivity index (χ1v) is 12.3. The van der Waals surface area contributed by atoms with Crippen molar-refractivity contribution in [1.29, 1.82) is 4.78 Å². The van der Waals surface area contributed by atoms with Crippen molar-refractivity contribution in [3.8, 4) is 0 Å². The second-order valence-corrected chi connectivity index (χ2v) is 10.5. The van der Waals surface area contributed by atoms with Gasteiger partial charge in [-0.25, -0.2) is 4.78 Å². The highest BCUT2D eigenvalue weighted by Crippen LogP contribution is 2.39. The number of methoxy groups -OCH3 is 2. The molecule has 1 N–H and O–H groups in total. The number of rotatable bonds is 10. The Morgan fingerprint density at radius 3 is 1.45 bits per heavy atom. The van der Waals surface area contributed by atoms with Crippen molar-refractivity contribution in [2.24, 2.45) is 11.8 Å². The average molecular weight is 460 g/mol. The van der Waals surface area contributed by atoms with Gasteiger partial charge in [-0.05, 0) is 51.9 Å². The molecule has 6 fully saturated rings. The van der Waals surface area contributed by atoms with Crippen molar-refractivity contribution in [3.63, 3.8) is 0 Å². The first-order chi connectivity index (χ1) is 14.8. The standard InChI is InChI=1S/C20H33N3O7S/c1-27-11-19(17(24)15-3-7-22(19)8-4-15)13-29-31(21,26)30-14-20(12-28-2)18(25)16-5-9-23(20)10-6-16/h15-16,21H,3-14H2,1-2H3/t19-,20-/m0/s1. The Balaban J connectivity index is 1.45. The van der Waals surface area contributed by atoms with Gasteiger partial charge in [0.1, 0.15) is 11.1 Å². The molecule has 6 aliphatic rings. The number of piperidine rings is 6. The normalized spacial score (nSPS) is 41.5. The van der Waals surface area contributed by atoms with Gasteiger partial charge in [-0.2, -0.15) is 4.21 Å². The predicted octanol–water partition coefficient (Wildman–Crippen LogP) is 0.256. The molecule has 6 saturated heterocycles. The van der Waals surface area contributed by atoms with Crippen LogP contribution in [-0.4, -0.2) is 103 Å². The fraction of sp³-hybridized carbons (Fsp3) is 0.900. The maximum atomic E-state index is 13.0. The van der Waals surface area contributed by atoms with Crippen LogP contribution < -0.4 is 0 Å². The van der Waals surface area contributed by atoms with Gasteiger partial charge in [0.25, 0.3) is 10.3 Å². The number of ether oxygens (including phenoxy) is 2. The summed E-state index contributed by atoms with van der Waals surface area (Å²) < 4.78 is 42.5. The Kier molecular flexibility index (Phi) is 6.57. The first kappa shape index (κ1) is 23.2. The fourth-order valence-electron chi connectivity index (χ4n) is 5.81. The lowest BCUT2D eigenvalue weighted by Crippen LogP contribution is -2.70. The van der Waals surface area contributed by atoms with Crippen molar-refractivity contribution in [2.45, 2.75) is 36.8 Å². The molecule has 0 saturated carbocycles. The number of carbonyl (C=O) groups excluding carboxylic acids is 2. The number of hydrogen-bond donors (Lipinski definition) is 1. The molecule has 31 heavy (non-hydrogen) atoms. The first-order valence-electron chi connectivity index (χ1n) is 10.9. The number of nitrogens with zero attached hydrogens (tertiary/aromatic N) is 2. The Labute approximate surface area is 183 Å². The molecular weight excluding hydrogens is 426 g/mol. The minimum absolute atomic E-state index is 0.0174. The Bertz CT molecular complexity index is 746. The van der Waals surface area contributed by atoms with Crippen LogP contribution in [0.3, 0.4) is 0 Å². The number of ketones is 2. The lowest BCUT2D eigenvalue weighted by Gasteiger charge is -2.52. The van der Waals surface area contributed by atoms with Crippen molar-refractivity contribution >= 4 is 21.9 Å². The third-order valence-corrected chi connectivity index (χ3v) is 8.39. The molecule has 0 aliphatic carbocycles. The van der Waals surface area contributed by atoms with Crippen LogP contribution in [0, 0.1) is 16.6 Å². The highest BCUT2D eigenvalue weighted by atomic mass is 32.2. The van der Waals surface area contributed by atoms with Crippen LogP contribution in [0.5, 0.6) is 0 Å². The van der Waals surface area contributed by atoms with E-state index in [1.54, 1.807) is 0 Å². The molecule has 6 aliphatic heterocycles. The van der Waals surface area contributed by atoms with E-state index in [4.69, 9.17) is 22.6 Å². The van der Waals surface area contributed by atoms with E-state index in [2.05, 4.69) is 0 Å². The van der Waals surface area contributed by atoms with Gasteiger partial charge >= 0.3 is 0 Å². The summed E-state index contributed by atoms with van der Waals surface area (Å²) in [4.78, 5) is 30.1. The minimum Gasteiger partial charge on any atom is -0.382 e. The number of Topliss-reactive ketones (excluding diaryl/α,β-unsaturated/α-hetero) is 2. The SMILES string of the molecule is COC[C@]1(COS(=N)(=O)OC[C@@]2(COC)C(=O)C3CCN2CC3)C(=O)C2CCN1CC2. The van der Waals surface area contributed by atoms with Crippen LogP contribution in [0.2, 0.25) is 0 Å². The lowest BCUT2D eigenvalue weighted by atomic mass is 9.74. The van der Waals surface area contributed by atoms with Crippen LogP contribution in [0.15, 0.2) is 0 Å². The van der Waals surface area contributed by atoms with Gasteiger partial charge in [-0.15, -0.1) is 0 Å². The molecular formula is C20H33N3O7S. The lowest BCUT2D eigenvalue weighted by molar-refractivity contribution is -0.157. The molecule has 4 bridgehead atoms. The summed E-state index contributed by atoms with van der Waals surface area (Å²) in [5.74, 6) is -0.0770. The van der Waals surface area contributed by atoms with E-state index in [1.807, 2.05) is 9.80 Å². The van der Waals surface area contributed by atoms with Crippen LogP contribution in [0.25, 0.3) is 0 Å². The maximum Gasteiger partial charge on any atom is 0.289 e. The summed E-state index contributed by atoms with van der Waals surface area (Å²) in [6.07, 6.45) is 3.21. The smallest absolute Gasteiger partial charge is 0.289 e. The Morgan fingerprint density at radius 2 is 1.16 bits per heavy atom. The van der Waals surface area contributed by atoms with E-state index in [1.165, 1.54) is 14.2 Å². The Hall–Kier alpha value is -0.950. The van der Waals surface area contributed by atoms with E-state index in [9.17, 15) is 13.8 Å². The fourth-order valence-corrected chi connectivity index (χ4v) is 6.57. The Morgan fingerprint density at radius 1 is 0.806 bits per heavy atom. The zero-order chi connectivity index (χ0) is 22.3. The van der Waals surface area contributed by atoms with Crippen molar-refractivity contribution in [2.75, 3.05) is 66.8 Å². The monoisotopic (exact) mass is 459 g/mol. The third kappa shape index (κ3) is 3.98. The summed E-state index contributed by atoms with van der Waals surface area (Å²) in [6, 6.07) is 0. The van der Waals surface area contributed by atoms with Crippen molar-refractivity contribution in [3.05, 3.63) is 0 Å². The van der Waals surface area contributed by atoms with E-state index in [0.29, 0.717) is 0 Å². The highest BCUT2D eigenvalue weighted by molar-refractivity contribution is 7.82. The molecule has 11 heteroatoms. The van der Waals surface area contributed by atoms with Gasteiger partial charge in [0.05, 0.1) is 26.4 Å². The van der Waals surface area contributed by atoms with Gasteiger partial charge in [0, 0.05) is 26.1 Å². The van der Waals surface area contributed by atoms with Gasteiger partial charge in [0.2, 0.25) is 0 Å². The quantitative estimate of drug-likeness (QED) is 0.490. The largest absolute Gasteiger partial charge is 0.382 e. The van der Waals surface area contributed by atoms with Crippen molar-refractivity contribution in [1.82, 2.24) is 9.80 Å². The zero-order valence-corrected chi connectivity index (χ0v) is 19.1. The van der Waals surface area contributed by atoms with Crippen LogP contribution in [0.4, 0.5) is 0 Å². The van der Waals surface area contributed by atoms with E-state index >= 15 is 0 Å². The second-order valence-electron chi connectivity index (χ2n) is 9.16. The summed E-state index contributed by atoms with van der Waals surface area (Å²) in [5.41, 5.74) is -2.09. The van der Waals surface area contributed by atoms with Gasteiger partial charge in [0.15, 0.2) is 11.6 Å². The van der Waals surface area contributed by atoms with Gasteiger partial charge in [-0.1, -0.05) is 0 Å². The number of carbonyl (C=O) groups is 2. The molecule has 176 valence electrons. The molecule has 0 aromatic heterocycles. The number of fused-ring (bicyclic) bond motifs is 6. The van der Waals surface area contributed by atoms with Crippen molar-refractivity contribution < 1.29 is 31.6 Å². The molecule has 0 unspecified atom stereocenters. The second kappa shape index (κ2) is 8.77. The van der Waals surface area contributed by atoms with E-state index in [0.717, 1.165) is 51.9 Å². The molecule has 0 aromatic carbocycles. The van der Waals surface area contributed by atoms with E-state index < -0.39 is 21.4 Å². The summed E-state index contributed by atoms with van der Waals surface area (Å²) in [7, 11) is -0.916. The summed E-state index contributed by atoms with van der Waals surface area (Å²) in [6.45, 7) is 2.71. The van der Waals surface area contributed by atoms with E-state index in [-0.39, 0.29) is 49.8 Å². The summed E-state index contributed by atoms with van der Waals surface area (Å²) in [5, 5.41) is 0. The molecule has 0 radical (unpaired) electrons. The number of nitrogens with one attached hydrogen (secondary N) is 1. The topological polar surface area (TPSA) is 118 Å². The van der Waals surface area contributed by atoms with Crippen LogP contribution >= 0.6 is 0 Å². The number of hydrogen-bond acceptors (Lipinski definition) is 10. The molecule has 0 amide bonds. The molecule has 2 atom stereocenters.